The molecule has 3 heterocycles. The van der Waals surface area contributed by atoms with Crippen molar-refractivity contribution in [2.75, 3.05) is 40.1 Å². The van der Waals surface area contributed by atoms with Gasteiger partial charge in [-0.05, 0) is 74.4 Å². The normalized spacial score (nSPS) is 18.3. The van der Waals surface area contributed by atoms with Gasteiger partial charge in [-0.25, -0.2) is 0 Å². The van der Waals surface area contributed by atoms with E-state index in [1.807, 2.05) is 15.9 Å². The van der Waals surface area contributed by atoms with Crippen molar-refractivity contribution in [1.29, 1.82) is 0 Å². The predicted molar refractivity (Wildman–Crippen MR) is 136 cm³/mol. The maximum atomic E-state index is 13.6. The van der Waals surface area contributed by atoms with Gasteiger partial charge in [-0.2, -0.15) is 0 Å². The lowest BCUT2D eigenvalue weighted by Crippen LogP contribution is -2.55. The molecule has 0 aromatic heterocycles. The topological polar surface area (TPSA) is 97.4 Å². The molecular weight excluding hydrogens is 474 g/mol. The number of nitrogens with zero attached hydrogens (tertiary/aromatic N) is 2. The van der Waals surface area contributed by atoms with Crippen molar-refractivity contribution in [3.8, 4) is 17.2 Å². The number of carbonyl (C=O) groups is 3. The second-order valence-corrected chi connectivity index (χ2v) is 9.77. The fourth-order valence-corrected chi connectivity index (χ4v) is 5.33. The summed E-state index contributed by atoms with van der Waals surface area (Å²) in [6.07, 6.45) is 4.32. The van der Waals surface area contributed by atoms with Crippen LogP contribution in [-0.4, -0.2) is 73.6 Å². The van der Waals surface area contributed by atoms with Gasteiger partial charge in [-0.15, -0.1) is 0 Å². The lowest BCUT2D eigenvalue weighted by Gasteiger charge is -2.38. The SMILES string of the molecule is COc1cccc(C(=O)N2CCC(C(NC(=O)c3ccc4c(c3)OCO4)C(=O)N3CCCCC3)CC2)c1. The molecule has 37 heavy (non-hydrogen) atoms. The van der Waals surface area contributed by atoms with Gasteiger partial charge in [0.15, 0.2) is 11.5 Å². The number of hydrogen-bond donors (Lipinski definition) is 1. The number of carbonyl (C=O) groups excluding carboxylic acids is 3. The van der Waals surface area contributed by atoms with Crippen LogP contribution in [0.15, 0.2) is 42.5 Å². The predicted octanol–water partition coefficient (Wildman–Crippen LogP) is 3.09. The third-order valence-corrected chi connectivity index (χ3v) is 7.47. The Hall–Kier alpha value is -3.75. The minimum Gasteiger partial charge on any atom is -0.497 e. The maximum Gasteiger partial charge on any atom is 0.253 e. The molecule has 9 heteroatoms. The van der Waals surface area contributed by atoms with Crippen LogP contribution >= 0.6 is 0 Å². The lowest BCUT2D eigenvalue weighted by molar-refractivity contribution is -0.136. The summed E-state index contributed by atoms with van der Waals surface area (Å²) in [5, 5.41) is 3.04. The third kappa shape index (κ3) is 5.50. The summed E-state index contributed by atoms with van der Waals surface area (Å²) in [5.41, 5.74) is 1.00. The average Bonchev–Trinajstić information content (AvgIpc) is 3.44. The standard InChI is InChI=1S/C28H33N3O6/c1-35-22-7-5-6-21(16-22)27(33)31-14-10-19(11-15-31)25(28(34)30-12-3-2-4-13-30)29-26(32)20-8-9-23-24(17-20)37-18-36-23/h5-9,16-17,19,25H,2-4,10-15,18H2,1H3,(H,29,32). The number of methoxy groups -OCH3 is 1. The van der Waals surface area contributed by atoms with E-state index < -0.39 is 6.04 Å². The molecule has 2 aromatic rings. The highest BCUT2D eigenvalue weighted by Crippen LogP contribution is 2.33. The van der Waals surface area contributed by atoms with E-state index >= 15 is 0 Å². The highest BCUT2D eigenvalue weighted by molar-refractivity contribution is 5.98. The van der Waals surface area contributed by atoms with Gasteiger partial charge in [0.2, 0.25) is 12.7 Å². The van der Waals surface area contributed by atoms with Crippen LogP contribution in [0.3, 0.4) is 0 Å². The zero-order chi connectivity index (χ0) is 25.8. The average molecular weight is 508 g/mol. The summed E-state index contributed by atoms with van der Waals surface area (Å²) in [6.45, 7) is 2.59. The van der Waals surface area contributed by atoms with E-state index in [-0.39, 0.29) is 30.4 Å². The second-order valence-electron chi connectivity index (χ2n) is 9.77. The summed E-state index contributed by atoms with van der Waals surface area (Å²) >= 11 is 0. The quantitative estimate of drug-likeness (QED) is 0.646. The Labute approximate surface area is 216 Å². The number of fused-ring (bicyclic) bond motifs is 1. The molecule has 0 radical (unpaired) electrons. The molecule has 0 spiro atoms. The van der Waals surface area contributed by atoms with E-state index in [0.717, 1.165) is 19.3 Å². The Morgan fingerprint density at radius 1 is 0.892 bits per heavy atom. The molecule has 2 saturated heterocycles. The Balaban J connectivity index is 1.29. The van der Waals surface area contributed by atoms with Gasteiger partial charge in [-0.1, -0.05) is 6.07 Å². The number of ether oxygens (including phenoxy) is 3. The first-order chi connectivity index (χ1) is 18.0. The van der Waals surface area contributed by atoms with Crippen molar-refractivity contribution in [3.05, 3.63) is 53.6 Å². The Bertz CT molecular complexity index is 1150. The molecule has 3 aliphatic rings. The molecule has 0 bridgehead atoms. The second kappa shape index (κ2) is 11.1. The van der Waals surface area contributed by atoms with Crippen molar-refractivity contribution in [2.45, 2.75) is 38.1 Å². The number of benzene rings is 2. The molecule has 9 nitrogen and oxygen atoms in total. The van der Waals surface area contributed by atoms with E-state index in [2.05, 4.69) is 5.32 Å². The van der Waals surface area contributed by atoms with Crippen LogP contribution in [-0.2, 0) is 4.79 Å². The fourth-order valence-electron chi connectivity index (χ4n) is 5.33. The van der Waals surface area contributed by atoms with Gasteiger partial charge in [-0.3, -0.25) is 14.4 Å². The highest BCUT2D eigenvalue weighted by Gasteiger charge is 2.37. The van der Waals surface area contributed by atoms with E-state index in [4.69, 9.17) is 14.2 Å². The van der Waals surface area contributed by atoms with Crippen molar-refractivity contribution in [1.82, 2.24) is 15.1 Å². The third-order valence-electron chi connectivity index (χ3n) is 7.47. The fraction of sp³-hybridized carbons (Fsp3) is 0.464. The number of rotatable bonds is 6. The number of likely N-dealkylation sites (tertiary alicyclic amines) is 2. The van der Waals surface area contributed by atoms with Crippen LogP contribution in [0.5, 0.6) is 17.2 Å². The van der Waals surface area contributed by atoms with Crippen molar-refractivity contribution >= 4 is 17.7 Å². The maximum absolute atomic E-state index is 13.6. The number of piperidine rings is 2. The van der Waals surface area contributed by atoms with Crippen LogP contribution in [0.2, 0.25) is 0 Å². The highest BCUT2D eigenvalue weighted by atomic mass is 16.7. The largest absolute Gasteiger partial charge is 0.497 e. The summed E-state index contributed by atoms with van der Waals surface area (Å²) < 4.78 is 16.0. The van der Waals surface area contributed by atoms with Crippen molar-refractivity contribution in [3.63, 3.8) is 0 Å². The molecule has 5 rings (SSSR count). The monoisotopic (exact) mass is 507 g/mol. The molecular formula is C28H33N3O6. The number of amides is 3. The van der Waals surface area contributed by atoms with E-state index in [0.29, 0.717) is 67.4 Å². The molecule has 1 unspecified atom stereocenters. The van der Waals surface area contributed by atoms with Gasteiger partial charge in [0, 0.05) is 37.3 Å². The first kappa shape index (κ1) is 24.9. The van der Waals surface area contributed by atoms with Gasteiger partial charge in [0.1, 0.15) is 11.8 Å². The molecule has 1 N–H and O–H groups in total. The summed E-state index contributed by atoms with van der Waals surface area (Å²) in [7, 11) is 1.58. The van der Waals surface area contributed by atoms with Crippen LogP contribution in [0.25, 0.3) is 0 Å². The molecule has 3 amide bonds. The van der Waals surface area contributed by atoms with Crippen molar-refractivity contribution in [2.24, 2.45) is 5.92 Å². The first-order valence-corrected chi connectivity index (χ1v) is 13.0. The van der Waals surface area contributed by atoms with E-state index in [1.54, 1.807) is 43.5 Å². The van der Waals surface area contributed by atoms with Crippen LogP contribution in [0.4, 0.5) is 0 Å². The zero-order valence-electron chi connectivity index (χ0n) is 21.1. The summed E-state index contributed by atoms with van der Waals surface area (Å²) in [5.74, 6) is 1.29. The van der Waals surface area contributed by atoms with Crippen LogP contribution < -0.4 is 19.5 Å². The minimum absolute atomic E-state index is 0.0358. The first-order valence-electron chi connectivity index (χ1n) is 13.0. The van der Waals surface area contributed by atoms with Gasteiger partial charge in [0.05, 0.1) is 7.11 Å². The van der Waals surface area contributed by atoms with E-state index in [1.165, 1.54) is 0 Å². The Morgan fingerprint density at radius 3 is 2.41 bits per heavy atom. The molecule has 196 valence electrons. The number of hydrogen-bond acceptors (Lipinski definition) is 6. The van der Waals surface area contributed by atoms with E-state index in [9.17, 15) is 14.4 Å². The Kier molecular flexibility index (Phi) is 7.48. The zero-order valence-corrected chi connectivity index (χ0v) is 21.1. The van der Waals surface area contributed by atoms with Gasteiger partial charge in [0.25, 0.3) is 11.8 Å². The van der Waals surface area contributed by atoms with Gasteiger partial charge >= 0.3 is 0 Å². The smallest absolute Gasteiger partial charge is 0.253 e. The number of nitrogens with one attached hydrogen (secondary N) is 1. The minimum atomic E-state index is -0.648. The molecule has 3 aliphatic heterocycles. The molecule has 2 fully saturated rings. The molecule has 0 saturated carbocycles. The molecule has 0 aliphatic carbocycles. The summed E-state index contributed by atoms with van der Waals surface area (Å²) in [4.78, 5) is 43.7. The summed E-state index contributed by atoms with van der Waals surface area (Å²) in [6, 6.07) is 11.5. The molecule has 2 aromatic carbocycles. The Morgan fingerprint density at radius 2 is 1.65 bits per heavy atom. The van der Waals surface area contributed by atoms with Crippen LogP contribution in [0, 0.1) is 5.92 Å². The lowest BCUT2D eigenvalue weighted by atomic mass is 9.87. The van der Waals surface area contributed by atoms with Crippen LogP contribution in [0.1, 0.15) is 52.8 Å². The van der Waals surface area contributed by atoms with Crippen molar-refractivity contribution < 1.29 is 28.6 Å². The van der Waals surface area contributed by atoms with Gasteiger partial charge < -0.3 is 29.3 Å². The molecule has 1 atom stereocenters.